The Morgan fingerprint density at radius 3 is 2.75 bits per heavy atom. The Hall–Kier alpha value is -1.62. The van der Waals surface area contributed by atoms with E-state index in [-0.39, 0.29) is 18.0 Å². The molecule has 0 aliphatic heterocycles. The van der Waals surface area contributed by atoms with Crippen LogP contribution in [0.5, 0.6) is 5.75 Å². The second-order valence-electron chi connectivity index (χ2n) is 3.22. The minimum absolute atomic E-state index is 0.127. The van der Waals surface area contributed by atoms with Crippen LogP contribution in [0.15, 0.2) is 29.0 Å². The molecule has 1 aromatic heterocycles. The number of halogens is 2. The normalized spacial score (nSPS) is 10.4. The average molecular weight is 241 g/mol. The molecule has 2 N–H and O–H groups in total. The number of nitrogens with two attached hydrogens (primary N) is 1. The van der Waals surface area contributed by atoms with Gasteiger partial charge in [-0.3, -0.25) is 0 Å². The number of ether oxygens (including phenoxy) is 1. The summed E-state index contributed by atoms with van der Waals surface area (Å²) >= 11 is 1.52. The van der Waals surface area contributed by atoms with E-state index in [2.05, 4.69) is 0 Å². The molecule has 0 fully saturated rings. The highest BCUT2D eigenvalue weighted by Crippen LogP contribution is 2.24. The molecule has 0 amide bonds. The fourth-order valence-electron chi connectivity index (χ4n) is 1.19. The SMILES string of the molecule is Nc1cc(F)c(OCc2ccsc2)cc1F. The summed E-state index contributed by atoms with van der Waals surface area (Å²) in [5.74, 6) is -1.46. The van der Waals surface area contributed by atoms with Crippen LogP contribution in [0, 0.1) is 11.6 Å². The predicted octanol–water partition coefficient (Wildman–Crippen LogP) is 3.19. The number of anilines is 1. The monoisotopic (exact) mass is 241 g/mol. The summed E-state index contributed by atoms with van der Waals surface area (Å²) in [6.07, 6.45) is 0. The van der Waals surface area contributed by atoms with Gasteiger partial charge >= 0.3 is 0 Å². The Labute approximate surface area is 95.3 Å². The van der Waals surface area contributed by atoms with E-state index in [9.17, 15) is 8.78 Å². The van der Waals surface area contributed by atoms with Crippen molar-refractivity contribution in [3.63, 3.8) is 0 Å². The maximum absolute atomic E-state index is 13.3. The average Bonchev–Trinajstić information content (AvgIpc) is 2.74. The Balaban J connectivity index is 2.12. The third-order valence-electron chi connectivity index (χ3n) is 2.03. The Morgan fingerprint density at radius 2 is 2.06 bits per heavy atom. The number of benzene rings is 1. The predicted molar refractivity (Wildman–Crippen MR) is 59.4 cm³/mol. The van der Waals surface area contributed by atoms with Gasteiger partial charge in [-0.05, 0) is 22.4 Å². The van der Waals surface area contributed by atoms with Gasteiger partial charge in [0.15, 0.2) is 11.6 Å². The van der Waals surface area contributed by atoms with Crippen molar-refractivity contribution in [1.29, 1.82) is 0 Å². The highest BCUT2D eigenvalue weighted by atomic mass is 32.1. The van der Waals surface area contributed by atoms with Gasteiger partial charge in [0.25, 0.3) is 0 Å². The Kier molecular flexibility index (Phi) is 3.05. The van der Waals surface area contributed by atoms with Crippen molar-refractivity contribution in [2.45, 2.75) is 6.61 Å². The van der Waals surface area contributed by atoms with Crippen molar-refractivity contribution < 1.29 is 13.5 Å². The van der Waals surface area contributed by atoms with Crippen LogP contribution < -0.4 is 10.5 Å². The Morgan fingerprint density at radius 1 is 1.25 bits per heavy atom. The molecule has 0 atom stereocenters. The lowest BCUT2D eigenvalue weighted by molar-refractivity contribution is 0.289. The van der Waals surface area contributed by atoms with Crippen LogP contribution in [-0.4, -0.2) is 0 Å². The third kappa shape index (κ3) is 2.30. The molecule has 1 aromatic carbocycles. The first-order valence-corrected chi connectivity index (χ1v) is 5.49. The van der Waals surface area contributed by atoms with Crippen LogP contribution in [0.1, 0.15) is 5.56 Å². The largest absolute Gasteiger partial charge is 0.486 e. The molecule has 0 radical (unpaired) electrons. The van der Waals surface area contributed by atoms with E-state index < -0.39 is 11.6 Å². The molecule has 0 bridgehead atoms. The third-order valence-corrected chi connectivity index (χ3v) is 2.76. The molecule has 84 valence electrons. The zero-order valence-corrected chi connectivity index (χ0v) is 9.06. The lowest BCUT2D eigenvalue weighted by Crippen LogP contribution is -1.99. The molecule has 5 heteroatoms. The van der Waals surface area contributed by atoms with Gasteiger partial charge in [-0.2, -0.15) is 11.3 Å². The first kappa shape index (κ1) is 10.9. The topological polar surface area (TPSA) is 35.2 Å². The second-order valence-corrected chi connectivity index (χ2v) is 4.00. The van der Waals surface area contributed by atoms with Crippen LogP contribution in [0.4, 0.5) is 14.5 Å². The van der Waals surface area contributed by atoms with Gasteiger partial charge in [0.2, 0.25) is 0 Å². The number of rotatable bonds is 3. The first-order chi connectivity index (χ1) is 7.66. The van der Waals surface area contributed by atoms with Crippen LogP contribution in [0.3, 0.4) is 0 Å². The lowest BCUT2D eigenvalue weighted by Gasteiger charge is -2.07. The van der Waals surface area contributed by atoms with Gasteiger partial charge in [-0.25, -0.2) is 8.78 Å². The summed E-state index contributed by atoms with van der Waals surface area (Å²) in [6, 6.07) is 3.73. The van der Waals surface area contributed by atoms with Gasteiger partial charge in [0.1, 0.15) is 12.4 Å². The standard InChI is InChI=1S/C11H9F2NOS/c12-8-4-11(9(13)3-10(8)14)15-5-7-1-2-16-6-7/h1-4,6H,5,14H2. The van der Waals surface area contributed by atoms with Crippen molar-refractivity contribution in [3.8, 4) is 5.75 Å². The summed E-state index contributed by atoms with van der Waals surface area (Å²) in [5.41, 5.74) is 5.91. The van der Waals surface area contributed by atoms with E-state index in [0.29, 0.717) is 0 Å². The molecule has 0 aliphatic carbocycles. The molecule has 2 aromatic rings. The highest BCUT2D eigenvalue weighted by Gasteiger charge is 2.09. The maximum atomic E-state index is 13.3. The van der Waals surface area contributed by atoms with Crippen molar-refractivity contribution in [3.05, 3.63) is 46.2 Å². The minimum atomic E-state index is -0.679. The van der Waals surface area contributed by atoms with Crippen molar-refractivity contribution in [1.82, 2.24) is 0 Å². The second kappa shape index (κ2) is 4.49. The summed E-state index contributed by atoms with van der Waals surface area (Å²) in [7, 11) is 0. The van der Waals surface area contributed by atoms with Crippen LogP contribution in [0.25, 0.3) is 0 Å². The smallest absolute Gasteiger partial charge is 0.167 e. The summed E-state index contributed by atoms with van der Waals surface area (Å²) in [6.45, 7) is 0.212. The summed E-state index contributed by atoms with van der Waals surface area (Å²) in [5, 5.41) is 3.77. The van der Waals surface area contributed by atoms with E-state index >= 15 is 0 Å². The van der Waals surface area contributed by atoms with E-state index in [4.69, 9.17) is 10.5 Å². The molecule has 2 nitrogen and oxygen atoms in total. The van der Waals surface area contributed by atoms with E-state index in [1.54, 1.807) is 0 Å². The molecular formula is C11H9F2NOS. The molecule has 16 heavy (non-hydrogen) atoms. The van der Waals surface area contributed by atoms with Crippen molar-refractivity contribution >= 4 is 17.0 Å². The molecule has 0 aliphatic rings. The van der Waals surface area contributed by atoms with Gasteiger partial charge in [-0.15, -0.1) is 0 Å². The summed E-state index contributed by atoms with van der Waals surface area (Å²) < 4.78 is 31.5. The highest BCUT2D eigenvalue weighted by molar-refractivity contribution is 7.07. The fraction of sp³-hybridized carbons (Fsp3) is 0.0909. The molecule has 0 spiro atoms. The lowest BCUT2D eigenvalue weighted by atomic mass is 10.3. The molecule has 0 saturated heterocycles. The van der Waals surface area contributed by atoms with Crippen LogP contribution in [0.2, 0.25) is 0 Å². The summed E-state index contributed by atoms with van der Waals surface area (Å²) in [4.78, 5) is 0. The van der Waals surface area contributed by atoms with Crippen LogP contribution in [-0.2, 0) is 6.61 Å². The molecule has 1 heterocycles. The zero-order chi connectivity index (χ0) is 11.5. The van der Waals surface area contributed by atoms with Gasteiger partial charge in [0.05, 0.1) is 5.69 Å². The molecular weight excluding hydrogens is 232 g/mol. The van der Waals surface area contributed by atoms with Gasteiger partial charge < -0.3 is 10.5 Å². The number of hydrogen-bond donors (Lipinski definition) is 1. The van der Waals surface area contributed by atoms with Crippen molar-refractivity contribution in [2.24, 2.45) is 0 Å². The number of thiophene rings is 1. The zero-order valence-electron chi connectivity index (χ0n) is 8.24. The number of hydrogen-bond acceptors (Lipinski definition) is 3. The number of nitrogen functional groups attached to an aromatic ring is 1. The van der Waals surface area contributed by atoms with E-state index in [1.165, 1.54) is 11.3 Å². The van der Waals surface area contributed by atoms with Gasteiger partial charge in [-0.1, -0.05) is 0 Å². The Bertz CT molecular complexity index is 485. The van der Waals surface area contributed by atoms with Crippen molar-refractivity contribution in [2.75, 3.05) is 5.73 Å². The van der Waals surface area contributed by atoms with Crippen LogP contribution >= 0.6 is 11.3 Å². The van der Waals surface area contributed by atoms with E-state index in [1.807, 2.05) is 16.8 Å². The molecule has 0 saturated carbocycles. The quantitative estimate of drug-likeness (QED) is 0.837. The van der Waals surface area contributed by atoms with Gasteiger partial charge in [0, 0.05) is 12.1 Å². The van der Waals surface area contributed by atoms with E-state index in [0.717, 1.165) is 17.7 Å². The maximum Gasteiger partial charge on any atom is 0.167 e. The molecule has 0 unspecified atom stereocenters. The minimum Gasteiger partial charge on any atom is -0.486 e. The fourth-order valence-corrected chi connectivity index (χ4v) is 1.84. The molecule has 2 rings (SSSR count). The first-order valence-electron chi connectivity index (χ1n) is 4.55.